The molecule has 0 aliphatic carbocycles. The molecule has 0 saturated heterocycles. The number of hydrogen-bond donors (Lipinski definition) is 2. The Labute approximate surface area is 254 Å². The summed E-state index contributed by atoms with van der Waals surface area (Å²) in [5, 5.41) is 19.1. The molecule has 0 aliphatic rings. The van der Waals surface area contributed by atoms with Crippen LogP contribution in [0.2, 0.25) is 0 Å². The van der Waals surface area contributed by atoms with Gasteiger partial charge in [-0.15, -0.1) is 5.10 Å². The van der Waals surface area contributed by atoms with E-state index >= 15 is 0 Å². The number of carbonyl (C=O) groups excluding carboxylic acids is 2. The highest BCUT2D eigenvalue weighted by Gasteiger charge is 2.24. The highest BCUT2D eigenvalue weighted by atomic mass is 19.1. The van der Waals surface area contributed by atoms with Gasteiger partial charge in [-0.05, 0) is 83.5 Å². The molecule has 0 radical (unpaired) electrons. The summed E-state index contributed by atoms with van der Waals surface area (Å²) in [6.45, 7) is 1.85. The molecule has 0 atom stereocenters. The lowest BCUT2D eigenvalue weighted by atomic mass is 10.2. The molecule has 2 aromatic heterocycles. The Bertz CT molecular complexity index is 1840. The van der Waals surface area contributed by atoms with E-state index in [9.17, 15) is 14.0 Å². The van der Waals surface area contributed by atoms with E-state index in [-0.39, 0.29) is 41.1 Å². The van der Waals surface area contributed by atoms with Crippen LogP contribution in [0.25, 0.3) is 5.82 Å². The number of methoxy groups -OCH3 is 1. The SMILES string of the molecule is CCOc1cc(/C=N\NC(=O)c2nnn(-c3nonc3N)c2COc2ccc(F)cc2)ccc1OC(=O)c1cccc(OC)c1. The predicted molar refractivity (Wildman–Crippen MR) is 155 cm³/mol. The van der Waals surface area contributed by atoms with Gasteiger partial charge in [0, 0.05) is 0 Å². The van der Waals surface area contributed by atoms with Gasteiger partial charge in [0.1, 0.15) is 29.6 Å². The quantitative estimate of drug-likeness (QED) is 0.0901. The number of esters is 1. The van der Waals surface area contributed by atoms with Gasteiger partial charge >= 0.3 is 5.97 Å². The van der Waals surface area contributed by atoms with E-state index < -0.39 is 17.7 Å². The van der Waals surface area contributed by atoms with Crippen molar-refractivity contribution in [3.05, 3.63) is 95.1 Å². The van der Waals surface area contributed by atoms with Crippen LogP contribution in [0.5, 0.6) is 23.0 Å². The topological polar surface area (TPSA) is 191 Å². The second kappa shape index (κ2) is 13.8. The number of ether oxygens (including phenoxy) is 4. The number of anilines is 1. The second-order valence-electron chi connectivity index (χ2n) is 8.97. The minimum atomic E-state index is -0.737. The van der Waals surface area contributed by atoms with Crippen molar-refractivity contribution >= 4 is 23.9 Å². The zero-order chi connectivity index (χ0) is 31.8. The summed E-state index contributed by atoms with van der Waals surface area (Å²) >= 11 is 0. The number of nitrogen functional groups attached to an aromatic ring is 1. The molecule has 0 bridgehead atoms. The number of benzene rings is 3. The molecule has 2 heterocycles. The molecule has 3 N–H and O–H groups in total. The number of nitrogens with two attached hydrogens (primary N) is 1. The minimum Gasteiger partial charge on any atom is -0.497 e. The molecule has 0 fully saturated rings. The molecule has 3 aromatic carbocycles. The Kier molecular flexibility index (Phi) is 9.22. The van der Waals surface area contributed by atoms with E-state index in [0.717, 1.165) is 4.68 Å². The molecule has 0 spiro atoms. The van der Waals surface area contributed by atoms with Crippen LogP contribution in [-0.2, 0) is 6.61 Å². The summed E-state index contributed by atoms with van der Waals surface area (Å²) in [5.74, 6) is -0.585. The first-order chi connectivity index (χ1) is 21.9. The highest BCUT2D eigenvalue weighted by Crippen LogP contribution is 2.29. The summed E-state index contributed by atoms with van der Waals surface area (Å²) in [4.78, 5) is 25.8. The van der Waals surface area contributed by atoms with Crippen LogP contribution in [0, 0.1) is 5.82 Å². The fourth-order valence-corrected chi connectivity index (χ4v) is 3.88. The number of rotatable bonds is 12. The van der Waals surface area contributed by atoms with E-state index in [0.29, 0.717) is 29.2 Å². The molecular weight excluding hydrogens is 591 g/mol. The molecule has 0 aliphatic heterocycles. The lowest BCUT2D eigenvalue weighted by Gasteiger charge is -2.11. The lowest BCUT2D eigenvalue weighted by molar-refractivity contribution is 0.0727. The van der Waals surface area contributed by atoms with Gasteiger partial charge in [-0.2, -0.15) is 9.78 Å². The molecule has 5 rings (SSSR count). The molecule has 1 amide bonds. The average Bonchev–Trinajstić information content (AvgIpc) is 3.67. The van der Waals surface area contributed by atoms with Crippen molar-refractivity contribution in [3.63, 3.8) is 0 Å². The zero-order valence-electron chi connectivity index (χ0n) is 23.8. The van der Waals surface area contributed by atoms with Gasteiger partial charge in [0.05, 0.1) is 25.5 Å². The lowest BCUT2D eigenvalue weighted by Crippen LogP contribution is -2.21. The third-order valence-corrected chi connectivity index (χ3v) is 6.02. The largest absolute Gasteiger partial charge is 0.497 e. The molecule has 0 saturated carbocycles. The highest BCUT2D eigenvalue weighted by molar-refractivity contribution is 5.94. The van der Waals surface area contributed by atoms with Crippen molar-refractivity contribution in [3.8, 4) is 28.8 Å². The van der Waals surface area contributed by atoms with Crippen LogP contribution in [0.1, 0.15) is 39.0 Å². The minimum absolute atomic E-state index is 0.0154. The fraction of sp³-hybridized carbons (Fsp3) is 0.138. The number of hydrogen-bond acceptors (Lipinski definition) is 13. The van der Waals surface area contributed by atoms with Gasteiger partial charge in [-0.3, -0.25) is 4.79 Å². The number of amides is 1. The summed E-state index contributed by atoms with van der Waals surface area (Å²) < 4.78 is 41.1. The maximum atomic E-state index is 13.3. The van der Waals surface area contributed by atoms with Crippen LogP contribution in [0.3, 0.4) is 0 Å². The maximum Gasteiger partial charge on any atom is 0.343 e. The first kappa shape index (κ1) is 30.1. The maximum absolute atomic E-state index is 13.3. The molecule has 0 unspecified atom stereocenters. The third kappa shape index (κ3) is 7.19. The standard InChI is InChI=1S/C29H25FN8O7/c1-3-42-24-13-17(7-12-23(24)44-29(40)18-5-4-6-21(14-18)41-2)15-32-34-28(39)25-22(16-43-20-10-8-19(30)9-11-20)38(37-33-25)27-26(31)35-45-36-27/h4-15H,3,16H2,1-2H3,(H2,31,35)(H,34,39)/b32-15-. The number of aromatic nitrogens is 5. The zero-order valence-corrected chi connectivity index (χ0v) is 23.8. The van der Waals surface area contributed by atoms with Crippen molar-refractivity contribution < 1.29 is 37.6 Å². The molecule has 15 nitrogen and oxygen atoms in total. The molecule has 5 aromatic rings. The molecule has 45 heavy (non-hydrogen) atoms. The van der Waals surface area contributed by atoms with Crippen molar-refractivity contribution in [2.75, 3.05) is 19.5 Å². The van der Waals surface area contributed by atoms with Crippen LogP contribution in [0.4, 0.5) is 10.2 Å². The molecular formula is C29H25FN8O7. The summed E-state index contributed by atoms with van der Waals surface area (Å²) in [5.41, 5.74) is 8.97. The van der Waals surface area contributed by atoms with Gasteiger partial charge in [0.2, 0.25) is 11.6 Å². The monoisotopic (exact) mass is 616 g/mol. The Morgan fingerprint density at radius 1 is 1.04 bits per heavy atom. The van der Waals surface area contributed by atoms with Crippen LogP contribution < -0.4 is 30.1 Å². The van der Waals surface area contributed by atoms with Crippen LogP contribution >= 0.6 is 0 Å². The molecule has 230 valence electrons. The van der Waals surface area contributed by atoms with Crippen LogP contribution in [0.15, 0.2) is 76.5 Å². The Morgan fingerprint density at radius 3 is 2.60 bits per heavy atom. The van der Waals surface area contributed by atoms with Crippen molar-refractivity contribution in [1.82, 2.24) is 30.7 Å². The third-order valence-electron chi connectivity index (χ3n) is 6.02. The van der Waals surface area contributed by atoms with E-state index in [4.69, 9.17) is 24.7 Å². The van der Waals surface area contributed by atoms with Gasteiger partial charge in [-0.1, -0.05) is 11.3 Å². The number of nitrogens with zero attached hydrogens (tertiary/aromatic N) is 6. The normalized spacial score (nSPS) is 10.9. The number of halogens is 1. The van der Waals surface area contributed by atoms with Gasteiger partial charge in [0.15, 0.2) is 17.2 Å². The number of nitrogens with one attached hydrogen (secondary N) is 1. The molecule has 16 heteroatoms. The van der Waals surface area contributed by atoms with Crippen molar-refractivity contribution in [2.45, 2.75) is 13.5 Å². The Hall–Kier alpha value is -6.32. The van der Waals surface area contributed by atoms with Crippen molar-refractivity contribution in [1.29, 1.82) is 0 Å². The fourth-order valence-electron chi connectivity index (χ4n) is 3.88. The Morgan fingerprint density at radius 2 is 1.87 bits per heavy atom. The summed E-state index contributed by atoms with van der Waals surface area (Å²) in [6, 6.07) is 16.6. The first-order valence-corrected chi connectivity index (χ1v) is 13.2. The van der Waals surface area contributed by atoms with Gasteiger partial charge in [-0.25, -0.2) is 19.2 Å². The smallest absolute Gasteiger partial charge is 0.343 e. The number of hydrazone groups is 1. The average molecular weight is 617 g/mol. The van der Waals surface area contributed by atoms with Crippen molar-refractivity contribution in [2.24, 2.45) is 5.10 Å². The van der Waals surface area contributed by atoms with E-state index in [2.05, 4.69) is 35.8 Å². The number of carbonyl (C=O) groups is 2. The Balaban J connectivity index is 1.31. The van der Waals surface area contributed by atoms with E-state index in [1.165, 1.54) is 37.6 Å². The summed E-state index contributed by atoms with van der Waals surface area (Å²) in [6.07, 6.45) is 1.35. The van der Waals surface area contributed by atoms with Gasteiger partial charge in [0.25, 0.3) is 5.91 Å². The van der Waals surface area contributed by atoms with E-state index in [1.807, 2.05) is 0 Å². The predicted octanol–water partition coefficient (Wildman–Crippen LogP) is 3.34. The summed E-state index contributed by atoms with van der Waals surface area (Å²) in [7, 11) is 1.50. The van der Waals surface area contributed by atoms with Crippen LogP contribution in [-0.4, -0.2) is 57.1 Å². The first-order valence-electron chi connectivity index (χ1n) is 13.2. The van der Waals surface area contributed by atoms with E-state index in [1.54, 1.807) is 49.4 Å². The van der Waals surface area contributed by atoms with Gasteiger partial charge < -0.3 is 24.7 Å². The second-order valence-corrected chi connectivity index (χ2v) is 8.97.